The largest absolute Gasteiger partial charge is 0.347 e. The molecule has 1 aliphatic heterocycles. The van der Waals surface area contributed by atoms with E-state index in [0.717, 1.165) is 30.0 Å². The minimum absolute atomic E-state index is 0.0827. The van der Waals surface area contributed by atoms with Gasteiger partial charge in [-0.2, -0.15) is 0 Å². The van der Waals surface area contributed by atoms with Crippen LogP contribution in [0.15, 0.2) is 55.0 Å². The molecule has 6 nitrogen and oxygen atoms in total. The zero-order valence-corrected chi connectivity index (χ0v) is 13.5. The predicted molar refractivity (Wildman–Crippen MR) is 90.4 cm³/mol. The number of carbonyl (C=O) groups excluding carboxylic acids is 1. The lowest BCUT2D eigenvalue weighted by atomic mass is 10.2. The van der Waals surface area contributed by atoms with Gasteiger partial charge in [0.25, 0.3) is 5.91 Å². The summed E-state index contributed by atoms with van der Waals surface area (Å²) in [5.74, 6) is 0.938. The Hall–Kier alpha value is -2.89. The summed E-state index contributed by atoms with van der Waals surface area (Å²) in [5, 5.41) is 8.35. The summed E-state index contributed by atoms with van der Waals surface area (Å²) in [6.45, 7) is 1.43. The molecular formula is C18H19N5O. The monoisotopic (exact) mass is 321 g/mol. The molecule has 0 N–H and O–H groups in total. The smallest absolute Gasteiger partial charge is 0.270 e. The van der Waals surface area contributed by atoms with Gasteiger partial charge in [0.2, 0.25) is 0 Å². The summed E-state index contributed by atoms with van der Waals surface area (Å²) in [6.07, 6.45) is 4.58. The van der Waals surface area contributed by atoms with Gasteiger partial charge in [0.1, 0.15) is 12.0 Å². The maximum atomic E-state index is 12.7. The first-order chi connectivity index (χ1) is 11.7. The highest BCUT2D eigenvalue weighted by Gasteiger charge is 2.30. The first-order valence-electron chi connectivity index (χ1n) is 8.09. The molecule has 1 aromatic carbocycles. The molecule has 0 spiro atoms. The zero-order valence-electron chi connectivity index (χ0n) is 13.5. The van der Waals surface area contributed by atoms with Crippen LogP contribution < -0.4 is 0 Å². The van der Waals surface area contributed by atoms with E-state index in [1.165, 1.54) is 0 Å². The van der Waals surface area contributed by atoms with Crippen LogP contribution in [-0.2, 0) is 7.05 Å². The molecule has 0 bridgehead atoms. The fraction of sp³-hybridized carbons (Fsp3) is 0.278. The van der Waals surface area contributed by atoms with Crippen LogP contribution in [0, 0.1) is 0 Å². The molecule has 2 aromatic heterocycles. The van der Waals surface area contributed by atoms with Crippen molar-refractivity contribution in [2.24, 2.45) is 7.05 Å². The van der Waals surface area contributed by atoms with Crippen LogP contribution in [0.1, 0.15) is 23.0 Å². The van der Waals surface area contributed by atoms with Crippen molar-refractivity contribution in [3.8, 4) is 11.4 Å². The maximum absolute atomic E-state index is 12.7. The SMILES string of the molecule is Cn1cccc1C(=O)N1CC[C@@H](n2cnnc2-c2ccccc2)C1. The van der Waals surface area contributed by atoms with E-state index in [1.807, 2.05) is 65.2 Å². The molecule has 24 heavy (non-hydrogen) atoms. The second-order valence-corrected chi connectivity index (χ2v) is 6.13. The van der Waals surface area contributed by atoms with Gasteiger partial charge in [0.15, 0.2) is 5.82 Å². The molecule has 6 heteroatoms. The van der Waals surface area contributed by atoms with Crippen molar-refractivity contribution >= 4 is 5.91 Å². The van der Waals surface area contributed by atoms with E-state index < -0.39 is 0 Å². The Morgan fingerprint density at radius 1 is 1.17 bits per heavy atom. The number of hydrogen-bond donors (Lipinski definition) is 0. The van der Waals surface area contributed by atoms with Crippen molar-refractivity contribution in [3.05, 3.63) is 60.7 Å². The van der Waals surface area contributed by atoms with Gasteiger partial charge >= 0.3 is 0 Å². The molecule has 0 saturated carbocycles. The molecule has 1 fully saturated rings. The van der Waals surface area contributed by atoms with E-state index in [0.29, 0.717) is 6.54 Å². The van der Waals surface area contributed by atoms with Crippen LogP contribution in [0.4, 0.5) is 0 Å². The third kappa shape index (κ3) is 2.50. The van der Waals surface area contributed by atoms with Gasteiger partial charge in [-0.1, -0.05) is 30.3 Å². The molecule has 3 heterocycles. The number of rotatable bonds is 3. The van der Waals surface area contributed by atoms with Gasteiger partial charge in [0.05, 0.1) is 6.04 Å². The molecule has 0 unspecified atom stereocenters. The molecule has 0 radical (unpaired) electrons. The van der Waals surface area contributed by atoms with E-state index in [9.17, 15) is 4.79 Å². The van der Waals surface area contributed by atoms with Crippen LogP contribution in [0.25, 0.3) is 11.4 Å². The van der Waals surface area contributed by atoms with Crippen molar-refractivity contribution < 1.29 is 4.79 Å². The van der Waals surface area contributed by atoms with E-state index in [1.54, 1.807) is 6.33 Å². The number of hydrogen-bond acceptors (Lipinski definition) is 3. The second-order valence-electron chi connectivity index (χ2n) is 6.13. The number of nitrogens with zero attached hydrogens (tertiary/aromatic N) is 5. The summed E-state index contributed by atoms with van der Waals surface area (Å²) in [4.78, 5) is 14.6. The van der Waals surface area contributed by atoms with Gasteiger partial charge in [0, 0.05) is 31.9 Å². The predicted octanol–water partition coefficient (Wildman–Crippen LogP) is 2.37. The van der Waals surface area contributed by atoms with Gasteiger partial charge in [-0.3, -0.25) is 4.79 Å². The van der Waals surface area contributed by atoms with E-state index in [2.05, 4.69) is 14.8 Å². The van der Waals surface area contributed by atoms with E-state index in [-0.39, 0.29) is 11.9 Å². The maximum Gasteiger partial charge on any atom is 0.270 e. The van der Waals surface area contributed by atoms with Crippen LogP contribution in [0.3, 0.4) is 0 Å². The molecule has 0 aliphatic carbocycles. The highest BCUT2D eigenvalue weighted by atomic mass is 16.2. The summed E-state index contributed by atoms with van der Waals surface area (Å²) < 4.78 is 3.96. The lowest BCUT2D eigenvalue weighted by Gasteiger charge is -2.18. The molecule has 1 saturated heterocycles. The van der Waals surface area contributed by atoms with Crippen LogP contribution in [0.2, 0.25) is 0 Å². The van der Waals surface area contributed by atoms with Crippen LogP contribution in [0.5, 0.6) is 0 Å². The van der Waals surface area contributed by atoms with Gasteiger partial charge < -0.3 is 14.0 Å². The number of aromatic nitrogens is 4. The molecule has 1 aliphatic rings. The number of benzene rings is 1. The van der Waals surface area contributed by atoms with Crippen LogP contribution in [-0.4, -0.2) is 43.2 Å². The molecule has 3 aromatic rings. The summed E-state index contributed by atoms with van der Waals surface area (Å²) in [5.41, 5.74) is 1.77. The minimum Gasteiger partial charge on any atom is -0.347 e. The van der Waals surface area contributed by atoms with Crippen molar-refractivity contribution in [2.75, 3.05) is 13.1 Å². The topological polar surface area (TPSA) is 56.0 Å². The molecule has 122 valence electrons. The highest BCUT2D eigenvalue weighted by Crippen LogP contribution is 2.27. The average molecular weight is 321 g/mol. The number of likely N-dealkylation sites (tertiary alicyclic amines) is 1. The van der Waals surface area contributed by atoms with Crippen molar-refractivity contribution in [3.63, 3.8) is 0 Å². The number of aryl methyl sites for hydroxylation is 1. The Kier molecular flexibility index (Phi) is 3.65. The fourth-order valence-corrected chi connectivity index (χ4v) is 3.30. The average Bonchev–Trinajstić information content (AvgIpc) is 3.35. The Morgan fingerprint density at radius 2 is 2.00 bits per heavy atom. The molecular weight excluding hydrogens is 302 g/mol. The van der Waals surface area contributed by atoms with E-state index >= 15 is 0 Å². The highest BCUT2D eigenvalue weighted by molar-refractivity contribution is 5.93. The zero-order chi connectivity index (χ0) is 16.5. The Balaban J connectivity index is 1.55. The third-order valence-corrected chi connectivity index (χ3v) is 4.61. The fourth-order valence-electron chi connectivity index (χ4n) is 3.30. The third-order valence-electron chi connectivity index (χ3n) is 4.61. The molecule has 4 rings (SSSR count). The van der Waals surface area contributed by atoms with Crippen LogP contribution >= 0.6 is 0 Å². The van der Waals surface area contributed by atoms with Gasteiger partial charge in [-0.15, -0.1) is 10.2 Å². The molecule has 1 amide bonds. The van der Waals surface area contributed by atoms with E-state index in [4.69, 9.17) is 0 Å². The number of amides is 1. The summed E-state index contributed by atoms with van der Waals surface area (Å²) in [6, 6.07) is 14.0. The first kappa shape index (κ1) is 14.7. The normalized spacial score (nSPS) is 17.4. The first-order valence-corrected chi connectivity index (χ1v) is 8.09. The van der Waals surface area contributed by atoms with Crippen molar-refractivity contribution in [2.45, 2.75) is 12.5 Å². The Morgan fingerprint density at radius 3 is 2.75 bits per heavy atom. The Labute approximate surface area is 140 Å². The summed E-state index contributed by atoms with van der Waals surface area (Å²) in [7, 11) is 1.90. The van der Waals surface area contributed by atoms with Crippen molar-refractivity contribution in [1.82, 2.24) is 24.2 Å². The number of carbonyl (C=O) groups is 1. The minimum atomic E-state index is 0.0827. The quantitative estimate of drug-likeness (QED) is 0.744. The lowest BCUT2D eigenvalue weighted by molar-refractivity contribution is 0.0778. The Bertz CT molecular complexity index is 851. The van der Waals surface area contributed by atoms with Gasteiger partial charge in [-0.25, -0.2) is 0 Å². The second kappa shape index (κ2) is 5.96. The summed E-state index contributed by atoms with van der Waals surface area (Å²) >= 11 is 0. The lowest BCUT2D eigenvalue weighted by Crippen LogP contribution is -2.30. The molecule has 1 atom stereocenters. The standard InChI is InChI=1S/C18H19N5O/c1-21-10-5-8-16(21)18(24)22-11-9-15(12-22)23-13-19-20-17(23)14-6-3-2-4-7-14/h2-8,10,13,15H,9,11-12H2,1H3/t15-/m1/s1. The van der Waals surface area contributed by atoms with Crippen molar-refractivity contribution in [1.29, 1.82) is 0 Å². The van der Waals surface area contributed by atoms with Gasteiger partial charge in [-0.05, 0) is 18.6 Å².